The molecule has 3 aromatic rings. The highest BCUT2D eigenvalue weighted by molar-refractivity contribution is 7.92. The van der Waals surface area contributed by atoms with Crippen LogP contribution in [0.4, 0.5) is 37.7 Å². The van der Waals surface area contributed by atoms with Crippen molar-refractivity contribution in [2.45, 2.75) is 17.2 Å². The van der Waals surface area contributed by atoms with Crippen LogP contribution in [0.3, 0.4) is 0 Å². The Morgan fingerprint density at radius 2 is 1.47 bits per heavy atom. The minimum atomic E-state index is -4.66. The summed E-state index contributed by atoms with van der Waals surface area (Å²) in [5.41, 5.74) is -2.16. The summed E-state index contributed by atoms with van der Waals surface area (Å²) in [5.74, 6) is -0.814. The van der Waals surface area contributed by atoms with Gasteiger partial charge in [-0.15, -0.1) is 0 Å². The van der Waals surface area contributed by atoms with E-state index in [0.717, 1.165) is 60.7 Å². The van der Waals surface area contributed by atoms with E-state index >= 15 is 0 Å². The molecule has 0 bridgehead atoms. The zero-order valence-electron chi connectivity index (χ0n) is 17.7. The van der Waals surface area contributed by atoms with Crippen LogP contribution in [0.5, 0.6) is 5.75 Å². The molecule has 36 heavy (non-hydrogen) atoms. The van der Waals surface area contributed by atoms with Crippen molar-refractivity contribution in [2.24, 2.45) is 0 Å². The lowest BCUT2D eigenvalue weighted by atomic mass is 10.2. The second kappa shape index (κ2) is 10.3. The zero-order chi connectivity index (χ0) is 26.7. The summed E-state index contributed by atoms with van der Waals surface area (Å²) in [6, 6.07) is 10.5. The molecule has 2 N–H and O–H groups in total. The molecule has 0 fully saturated rings. The van der Waals surface area contributed by atoms with E-state index in [1.807, 2.05) is 4.72 Å². The molecule has 0 radical (unpaired) electrons. The van der Waals surface area contributed by atoms with Gasteiger partial charge in [-0.1, -0.05) is 17.7 Å². The van der Waals surface area contributed by atoms with Crippen molar-refractivity contribution < 1.29 is 44.3 Å². The molecule has 0 aliphatic rings. The molecule has 0 atom stereocenters. The van der Waals surface area contributed by atoms with Gasteiger partial charge in [0, 0.05) is 11.4 Å². The lowest BCUT2D eigenvalue weighted by Crippen LogP contribution is -2.20. The Labute approximate surface area is 205 Å². The van der Waals surface area contributed by atoms with Crippen LogP contribution in [0.15, 0.2) is 71.6 Å². The predicted octanol–water partition coefficient (Wildman–Crippen LogP) is 6.20. The molecule has 0 unspecified atom stereocenters. The van der Waals surface area contributed by atoms with Gasteiger partial charge >= 0.3 is 12.4 Å². The summed E-state index contributed by atoms with van der Waals surface area (Å²) in [4.78, 5) is 11.6. The quantitative estimate of drug-likeness (QED) is 0.342. The Balaban J connectivity index is 1.63. The molecule has 0 spiro atoms. The molecule has 3 rings (SSSR count). The third-order valence-corrected chi connectivity index (χ3v) is 6.18. The van der Waals surface area contributed by atoms with Crippen molar-refractivity contribution in [2.75, 3.05) is 16.6 Å². The average Bonchev–Trinajstić information content (AvgIpc) is 2.77. The number of sulfonamides is 1. The van der Waals surface area contributed by atoms with Crippen LogP contribution in [0.2, 0.25) is 5.02 Å². The summed E-state index contributed by atoms with van der Waals surface area (Å²) in [5, 5.41) is 2.11. The second-order valence-corrected chi connectivity index (χ2v) is 9.28. The van der Waals surface area contributed by atoms with Crippen LogP contribution in [-0.4, -0.2) is 20.9 Å². The topological polar surface area (TPSA) is 84.5 Å². The van der Waals surface area contributed by atoms with Crippen molar-refractivity contribution in [3.05, 3.63) is 82.9 Å². The normalized spacial score (nSPS) is 12.2. The predicted molar refractivity (Wildman–Crippen MR) is 119 cm³/mol. The van der Waals surface area contributed by atoms with E-state index in [-0.39, 0.29) is 27.0 Å². The number of anilines is 2. The summed E-state index contributed by atoms with van der Waals surface area (Å²) in [6.45, 7) is -0.602. The van der Waals surface area contributed by atoms with Gasteiger partial charge in [0.1, 0.15) is 5.75 Å². The Hall–Kier alpha value is -3.45. The van der Waals surface area contributed by atoms with Gasteiger partial charge in [0.05, 0.1) is 21.0 Å². The standard InChI is InChI=1S/C22H15ClF6N2O4S/c23-18-11-17(36(33,34)31-16-3-1-2-14(10-16)22(27,28)29)8-9-19(18)35-12-20(32)30-15-6-4-13(5-7-15)21(24,25)26/h1-11,31H,12H2,(H,30,32). The molecular formula is C22H15ClF6N2O4S. The Bertz CT molecular complexity index is 1360. The third kappa shape index (κ3) is 7.04. The van der Waals surface area contributed by atoms with E-state index in [2.05, 4.69) is 5.32 Å². The number of halogens is 7. The Kier molecular flexibility index (Phi) is 7.74. The van der Waals surface area contributed by atoms with Crippen molar-refractivity contribution in [3.63, 3.8) is 0 Å². The summed E-state index contributed by atoms with van der Waals surface area (Å²) in [6.07, 6.45) is -9.19. The molecule has 0 aliphatic heterocycles. The van der Waals surface area contributed by atoms with Gasteiger partial charge < -0.3 is 10.1 Å². The number of carbonyl (C=O) groups excluding carboxylic acids is 1. The van der Waals surface area contributed by atoms with E-state index in [1.165, 1.54) is 0 Å². The minimum absolute atomic E-state index is 0.0859. The fourth-order valence-electron chi connectivity index (χ4n) is 2.82. The first-order valence-electron chi connectivity index (χ1n) is 9.75. The third-order valence-electron chi connectivity index (χ3n) is 4.51. The van der Waals surface area contributed by atoms with Gasteiger partial charge in [-0.3, -0.25) is 9.52 Å². The number of ether oxygens (including phenoxy) is 1. The number of carbonyl (C=O) groups is 1. The Morgan fingerprint density at radius 1 is 0.833 bits per heavy atom. The van der Waals surface area contributed by atoms with E-state index in [4.69, 9.17) is 16.3 Å². The van der Waals surface area contributed by atoms with Crippen LogP contribution < -0.4 is 14.8 Å². The van der Waals surface area contributed by atoms with E-state index in [0.29, 0.717) is 6.07 Å². The fourth-order valence-corrected chi connectivity index (χ4v) is 4.20. The molecular weight excluding hydrogens is 538 g/mol. The molecule has 6 nitrogen and oxygen atoms in total. The molecule has 1 amide bonds. The number of alkyl halides is 6. The summed E-state index contributed by atoms with van der Waals surface area (Å²) < 4.78 is 109. The lowest BCUT2D eigenvalue weighted by Gasteiger charge is -2.13. The van der Waals surface area contributed by atoms with Crippen molar-refractivity contribution in [1.82, 2.24) is 0 Å². The number of hydrogen-bond donors (Lipinski definition) is 2. The molecule has 0 aliphatic carbocycles. The van der Waals surface area contributed by atoms with Crippen molar-refractivity contribution in [3.8, 4) is 5.75 Å². The maximum atomic E-state index is 12.9. The van der Waals surface area contributed by atoms with Crippen molar-refractivity contribution >= 4 is 38.9 Å². The Morgan fingerprint density at radius 3 is 2.06 bits per heavy atom. The maximum Gasteiger partial charge on any atom is 0.416 e. The largest absolute Gasteiger partial charge is 0.482 e. The molecule has 3 aromatic carbocycles. The molecule has 0 saturated carbocycles. The maximum absolute atomic E-state index is 12.9. The monoisotopic (exact) mass is 552 g/mol. The van der Waals surface area contributed by atoms with Crippen molar-refractivity contribution in [1.29, 1.82) is 0 Å². The molecule has 0 heterocycles. The molecule has 14 heteroatoms. The fraction of sp³-hybridized carbons (Fsp3) is 0.136. The van der Waals surface area contributed by atoms with Gasteiger partial charge in [-0.05, 0) is 60.7 Å². The van der Waals surface area contributed by atoms with Gasteiger partial charge in [-0.2, -0.15) is 26.3 Å². The first kappa shape index (κ1) is 27.1. The summed E-state index contributed by atoms with van der Waals surface area (Å²) >= 11 is 6.02. The van der Waals surface area contributed by atoms with Crippen LogP contribution in [0.1, 0.15) is 11.1 Å². The van der Waals surface area contributed by atoms with Gasteiger partial charge in [-0.25, -0.2) is 8.42 Å². The molecule has 192 valence electrons. The van der Waals surface area contributed by atoms with Gasteiger partial charge in [0.25, 0.3) is 15.9 Å². The van der Waals surface area contributed by atoms with Crippen LogP contribution in [-0.2, 0) is 27.2 Å². The van der Waals surface area contributed by atoms with Crippen LogP contribution in [0.25, 0.3) is 0 Å². The molecule has 0 aromatic heterocycles. The van der Waals surface area contributed by atoms with E-state index in [9.17, 15) is 39.6 Å². The minimum Gasteiger partial charge on any atom is -0.482 e. The number of nitrogens with one attached hydrogen (secondary N) is 2. The molecule has 0 saturated heterocycles. The lowest BCUT2D eigenvalue weighted by molar-refractivity contribution is -0.138. The first-order chi connectivity index (χ1) is 16.6. The first-order valence-corrected chi connectivity index (χ1v) is 11.6. The summed E-state index contributed by atoms with van der Waals surface area (Å²) in [7, 11) is -4.32. The van der Waals surface area contributed by atoms with E-state index < -0.39 is 46.0 Å². The number of rotatable bonds is 7. The van der Waals surface area contributed by atoms with Crippen LogP contribution in [0, 0.1) is 0 Å². The highest BCUT2D eigenvalue weighted by Gasteiger charge is 2.31. The van der Waals surface area contributed by atoms with E-state index in [1.54, 1.807) is 0 Å². The van der Waals surface area contributed by atoms with Gasteiger partial charge in [0.15, 0.2) is 6.61 Å². The highest BCUT2D eigenvalue weighted by Crippen LogP contribution is 2.33. The average molecular weight is 553 g/mol. The second-order valence-electron chi connectivity index (χ2n) is 7.19. The zero-order valence-corrected chi connectivity index (χ0v) is 19.3. The number of hydrogen-bond acceptors (Lipinski definition) is 4. The van der Waals surface area contributed by atoms with Crippen LogP contribution >= 0.6 is 11.6 Å². The SMILES string of the molecule is O=C(COc1ccc(S(=O)(=O)Nc2cccc(C(F)(F)F)c2)cc1Cl)Nc1ccc(C(F)(F)F)cc1. The number of benzene rings is 3. The number of amides is 1. The van der Waals surface area contributed by atoms with Gasteiger partial charge in [0.2, 0.25) is 0 Å². The smallest absolute Gasteiger partial charge is 0.416 e. The highest BCUT2D eigenvalue weighted by atomic mass is 35.5.